The fraction of sp³-hybridized carbons (Fsp3) is 0.111. The standard InChI is InChI=1S/C9H6N4O4S2/c1-4-11-9(19-12-4)18-6-3-10-7(13(16)17)2-5(6)8(14)15/h2-3H,1H3,(H,14,15). The van der Waals surface area contributed by atoms with Gasteiger partial charge in [0.25, 0.3) is 0 Å². The Kier molecular flexibility index (Phi) is 3.71. The minimum absolute atomic E-state index is 0.181. The van der Waals surface area contributed by atoms with Gasteiger partial charge in [0, 0.05) is 0 Å². The van der Waals surface area contributed by atoms with Crippen LogP contribution >= 0.6 is 23.3 Å². The molecule has 98 valence electrons. The molecule has 8 nitrogen and oxygen atoms in total. The lowest BCUT2D eigenvalue weighted by Gasteiger charge is -2.01. The minimum Gasteiger partial charge on any atom is -0.478 e. The quantitative estimate of drug-likeness (QED) is 0.672. The third-order valence-electron chi connectivity index (χ3n) is 1.98. The number of rotatable bonds is 4. The molecule has 0 bridgehead atoms. The molecule has 10 heteroatoms. The molecule has 0 saturated carbocycles. The molecule has 0 spiro atoms. The number of carboxylic acid groups (broad SMARTS) is 1. The third kappa shape index (κ3) is 3.03. The first kappa shape index (κ1) is 13.4. The highest BCUT2D eigenvalue weighted by Gasteiger charge is 2.20. The van der Waals surface area contributed by atoms with Crippen molar-refractivity contribution >= 4 is 35.1 Å². The Morgan fingerprint density at radius 2 is 2.32 bits per heavy atom. The molecule has 2 aromatic heterocycles. The van der Waals surface area contributed by atoms with Crippen LogP contribution in [0, 0.1) is 17.0 Å². The van der Waals surface area contributed by atoms with Crippen LogP contribution in [0.25, 0.3) is 0 Å². The lowest BCUT2D eigenvalue weighted by Crippen LogP contribution is -2.02. The van der Waals surface area contributed by atoms with Gasteiger partial charge in [0.1, 0.15) is 5.82 Å². The Hall–Kier alpha value is -2.07. The summed E-state index contributed by atoms with van der Waals surface area (Å²) >= 11 is 2.19. The topological polar surface area (TPSA) is 119 Å². The number of carboxylic acids is 1. The summed E-state index contributed by atoms with van der Waals surface area (Å²) in [5.41, 5.74) is -0.181. The van der Waals surface area contributed by atoms with Crippen LogP contribution < -0.4 is 0 Å². The van der Waals surface area contributed by atoms with Gasteiger partial charge in [-0.05, 0) is 28.4 Å². The van der Waals surface area contributed by atoms with Gasteiger partial charge in [0.2, 0.25) is 0 Å². The van der Waals surface area contributed by atoms with Crippen LogP contribution in [-0.2, 0) is 0 Å². The summed E-state index contributed by atoms with van der Waals surface area (Å²) < 4.78 is 4.52. The van der Waals surface area contributed by atoms with Crippen LogP contribution in [0.2, 0.25) is 0 Å². The molecule has 0 aliphatic carbocycles. The van der Waals surface area contributed by atoms with Gasteiger partial charge in [-0.1, -0.05) is 11.8 Å². The monoisotopic (exact) mass is 298 g/mol. The summed E-state index contributed by atoms with van der Waals surface area (Å²) in [5, 5.41) is 19.6. The van der Waals surface area contributed by atoms with Gasteiger partial charge < -0.3 is 15.2 Å². The van der Waals surface area contributed by atoms with Crippen molar-refractivity contribution in [3.8, 4) is 0 Å². The maximum absolute atomic E-state index is 11.1. The van der Waals surface area contributed by atoms with Crippen molar-refractivity contribution in [3.05, 3.63) is 33.8 Å². The summed E-state index contributed by atoms with van der Waals surface area (Å²) in [6.45, 7) is 1.72. The highest BCUT2D eigenvalue weighted by atomic mass is 32.2. The molecule has 0 aliphatic rings. The number of hydrogen-bond donors (Lipinski definition) is 1. The Labute approximate surface area is 114 Å². The molecule has 1 N–H and O–H groups in total. The van der Waals surface area contributed by atoms with E-state index in [2.05, 4.69) is 14.3 Å². The third-order valence-corrected chi connectivity index (χ3v) is 3.86. The molecule has 2 rings (SSSR count). The van der Waals surface area contributed by atoms with Crippen LogP contribution in [0.1, 0.15) is 16.2 Å². The normalized spacial score (nSPS) is 10.4. The molecule has 2 heterocycles. The summed E-state index contributed by atoms with van der Waals surface area (Å²) in [4.78, 5) is 28.9. The zero-order chi connectivity index (χ0) is 14.0. The van der Waals surface area contributed by atoms with Gasteiger partial charge in [-0.25, -0.2) is 9.78 Å². The van der Waals surface area contributed by atoms with E-state index in [9.17, 15) is 14.9 Å². The second-order valence-corrected chi connectivity index (χ2v) is 5.35. The molecule has 0 saturated heterocycles. The van der Waals surface area contributed by atoms with Gasteiger partial charge in [-0.2, -0.15) is 4.37 Å². The van der Waals surface area contributed by atoms with Gasteiger partial charge in [-0.3, -0.25) is 0 Å². The van der Waals surface area contributed by atoms with Gasteiger partial charge >= 0.3 is 11.8 Å². The van der Waals surface area contributed by atoms with Crippen molar-refractivity contribution in [1.82, 2.24) is 14.3 Å². The van der Waals surface area contributed by atoms with E-state index < -0.39 is 16.7 Å². The van der Waals surface area contributed by atoms with Gasteiger partial charge in [-0.15, -0.1) is 0 Å². The Morgan fingerprint density at radius 1 is 1.58 bits per heavy atom. The van der Waals surface area contributed by atoms with Crippen LogP contribution in [0.5, 0.6) is 0 Å². The predicted molar refractivity (Wildman–Crippen MR) is 66.6 cm³/mol. The Morgan fingerprint density at radius 3 is 2.84 bits per heavy atom. The number of aryl methyl sites for hydroxylation is 1. The number of pyridine rings is 1. The maximum atomic E-state index is 11.1. The van der Waals surface area contributed by atoms with E-state index in [1.807, 2.05) is 0 Å². The molecule has 0 aliphatic heterocycles. The summed E-state index contributed by atoms with van der Waals surface area (Å²) in [7, 11) is 0. The molecule has 0 atom stereocenters. The van der Waals surface area contributed by atoms with Crippen LogP contribution in [-0.4, -0.2) is 30.3 Å². The second kappa shape index (κ2) is 5.28. The smallest absolute Gasteiger partial charge is 0.364 e. The van der Waals surface area contributed by atoms with E-state index in [0.717, 1.165) is 35.6 Å². The van der Waals surface area contributed by atoms with Gasteiger partial charge in [0.05, 0.1) is 16.5 Å². The van der Waals surface area contributed by atoms with Crippen LogP contribution in [0.15, 0.2) is 21.5 Å². The minimum atomic E-state index is -1.26. The molecule has 0 aromatic carbocycles. The summed E-state index contributed by atoms with van der Waals surface area (Å²) in [6.07, 6.45) is 1.16. The van der Waals surface area contributed by atoms with Crippen molar-refractivity contribution in [2.75, 3.05) is 0 Å². The SMILES string of the molecule is Cc1nsc(Sc2cnc([N+](=O)[O-])cc2C(=O)O)n1. The largest absolute Gasteiger partial charge is 0.478 e. The molecule has 0 unspecified atom stereocenters. The van der Waals surface area contributed by atoms with Crippen molar-refractivity contribution in [1.29, 1.82) is 0 Å². The lowest BCUT2D eigenvalue weighted by atomic mass is 10.2. The van der Waals surface area contributed by atoms with Crippen molar-refractivity contribution in [2.45, 2.75) is 16.2 Å². The molecule has 0 fully saturated rings. The summed E-state index contributed by atoms with van der Waals surface area (Å²) in [6, 6.07) is 0.929. The fourth-order valence-corrected chi connectivity index (χ4v) is 2.88. The number of aromatic carboxylic acids is 1. The summed E-state index contributed by atoms with van der Waals surface area (Å²) in [5.74, 6) is -1.18. The highest BCUT2D eigenvalue weighted by Crippen LogP contribution is 2.32. The highest BCUT2D eigenvalue weighted by molar-refractivity contribution is 8.01. The number of hydrogen-bond acceptors (Lipinski definition) is 8. The number of nitrogens with zero attached hydrogens (tertiary/aromatic N) is 4. The van der Waals surface area contributed by atoms with E-state index in [1.54, 1.807) is 6.92 Å². The second-order valence-electron chi connectivity index (χ2n) is 3.31. The molecule has 19 heavy (non-hydrogen) atoms. The van der Waals surface area contributed by atoms with Gasteiger partial charge in [0.15, 0.2) is 10.5 Å². The van der Waals surface area contributed by atoms with E-state index in [4.69, 9.17) is 5.11 Å². The average molecular weight is 298 g/mol. The first-order valence-corrected chi connectivity index (χ1v) is 6.42. The zero-order valence-corrected chi connectivity index (χ0v) is 11.1. The van der Waals surface area contributed by atoms with Crippen molar-refractivity contribution in [3.63, 3.8) is 0 Å². The first-order valence-electron chi connectivity index (χ1n) is 4.83. The van der Waals surface area contributed by atoms with E-state index >= 15 is 0 Å². The lowest BCUT2D eigenvalue weighted by molar-refractivity contribution is -0.389. The van der Waals surface area contributed by atoms with Crippen LogP contribution in [0.4, 0.5) is 5.82 Å². The maximum Gasteiger partial charge on any atom is 0.364 e. The van der Waals surface area contributed by atoms with Crippen LogP contribution in [0.3, 0.4) is 0 Å². The number of nitro groups is 1. The van der Waals surface area contributed by atoms with Crippen molar-refractivity contribution < 1.29 is 14.8 Å². The van der Waals surface area contributed by atoms with E-state index in [0.29, 0.717) is 10.2 Å². The fourth-order valence-electron chi connectivity index (χ4n) is 1.19. The Bertz CT molecular complexity index is 657. The molecule has 0 amide bonds. The predicted octanol–water partition coefficient (Wildman–Crippen LogP) is 2.00. The number of carbonyl (C=O) groups is 1. The average Bonchev–Trinajstić information content (AvgIpc) is 2.74. The number of aromatic nitrogens is 3. The van der Waals surface area contributed by atoms with Crippen molar-refractivity contribution in [2.24, 2.45) is 0 Å². The van der Waals surface area contributed by atoms with E-state index in [-0.39, 0.29) is 10.5 Å². The molecule has 0 radical (unpaired) electrons. The van der Waals surface area contributed by atoms with E-state index in [1.165, 1.54) is 0 Å². The first-order chi connectivity index (χ1) is 8.97. The molecule has 2 aromatic rings. The molecular weight excluding hydrogens is 292 g/mol. The zero-order valence-electron chi connectivity index (χ0n) is 9.43. The Balaban J connectivity index is 2.39. The molecular formula is C9H6N4O4S2.